The Morgan fingerprint density at radius 3 is 1.23 bits per heavy atom. The molecule has 0 aliphatic heterocycles. The van der Waals surface area contributed by atoms with Gasteiger partial charge in [0.1, 0.15) is 6.61 Å². The first kappa shape index (κ1) is 54.1. The lowest BCUT2D eigenvalue weighted by Crippen LogP contribution is -2.30. The topological polar surface area (TPSA) is 61.8 Å². The highest BCUT2D eigenvalue weighted by molar-refractivity contribution is 5.70. The Bertz CT molecular complexity index is 893. The third kappa shape index (κ3) is 44.8. The van der Waals surface area contributed by atoms with Crippen LogP contribution in [0, 0.1) is 0 Å². The predicted molar refractivity (Wildman–Crippen MR) is 242 cm³/mol. The molecule has 0 N–H and O–H groups in total. The zero-order valence-electron chi connectivity index (χ0n) is 37.7. The lowest BCUT2D eigenvalue weighted by molar-refractivity contribution is -0.163. The molecule has 328 valence electrons. The maximum atomic E-state index is 12.7. The normalized spacial score (nSPS) is 12.4. The first-order valence-corrected chi connectivity index (χ1v) is 24.5. The van der Waals surface area contributed by atoms with E-state index in [1.54, 1.807) is 0 Å². The van der Waals surface area contributed by atoms with E-state index in [4.69, 9.17) is 14.2 Å². The summed E-state index contributed by atoms with van der Waals surface area (Å²) in [5.74, 6) is -0.410. The van der Waals surface area contributed by atoms with Crippen molar-refractivity contribution < 1.29 is 23.8 Å². The number of ether oxygens (including phenoxy) is 3. The van der Waals surface area contributed by atoms with E-state index in [-0.39, 0.29) is 25.2 Å². The Labute approximate surface area is 349 Å². The van der Waals surface area contributed by atoms with Gasteiger partial charge in [0, 0.05) is 19.4 Å². The van der Waals surface area contributed by atoms with Crippen LogP contribution in [0.15, 0.2) is 36.5 Å². The maximum absolute atomic E-state index is 12.7. The monoisotopic (exact) mass is 787 g/mol. The summed E-state index contributed by atoms with van der Waals surface area (Å²) < 4.78 is 17.2. The van der Waals surface area contributed by atoms with Crippen molar-refractivity contribution in [1.29, 1.82) is 0 Å². The van der Waals surface area contributed by atoms with Crippen LogP contribution in [0.3, 0.4) is 0 Å². The minimum atomic E-state index is -0.536. The van der Waals surface area contributed by atoms with Crippen LogP contribution in [0.4, 0.5) is 0 Å². The van der Waals surface area contributed by atoms with Crippen molar-refractivity contribution in [3.63, 3.8) is 0 Å². The van der Waals surface area contributed by atoms with Crippen LogP contribution in [0.25, 0.3) is 0 Å². The fourth-order valence-corrected chi connectivity index (χ4v) is 6.95. The minimum Gasteiger partial charge on any atom is -0.462 e. The summed E-state index contributed by atoms with van der Waals surface area (Å²) in [4.78, 5) is 25.2. The van der Waals surface area contributed by atoms with Crippen LogP contribution >= 0.6 is 0 Å². The summed E-state index contributed by atoms with van der Waals surface area (Å²) in [6.45, 7) is 7.77. The first-order chi connectivity index (χ1) is 27.6. The SMILES string of the molecule is CCCCC/C=C\C/C=C\CCCCCCCC(=O)OC(COCCCCCCCC)COC(=O)CCCCCCCCCCC/C=C\CCCCCCCC. The van der Waals surface area contributed by atoms with Crippen molar-refractivity contribution in [2.75, 3.05) is 19.8 Å². The highest BCUT2D eigenvalue weighted by Gasteiger charge is 2.17. The number of hydrogen-bond acceptors (Lipinski definition) is 5. The molecule has 0 heterocycles. The number of carbonyl (C=O) groups excluding carboxylic acids is 2. The van der Waals surface area contributed by atoms with Crippen molar-refractivity contribution in [3.05, 3.63) is 36.5 Å². The molecular formula is C51H94O5. The molecule has 0 saturated heterocycles. The summed E-state index contributed by atoms with van der Waals surface area (Å²) in [5.41, 5.74) is 0. The molecule has 1 atom stereocenters. The van der Waals surface area contributed by atoms with Crippen LogP contribution in [0.1, 0.15) is 252 Å². The Morgan fingerprint density at radius 1 is 0.393 bits per heavy atom. The molecule has 0 aliphatic carbocycles. The maximum Gasteiger partial charge on any atom is 0.306 e. The van der Waals surface area contributed by atoms with E-state index in [0.29, 0.717) is 19.4 Å². The molecule has 56 heavy (non-hydrogen) atoms. The van der Waals surface area contributed by atoms with Crippen molar-refractivity contribution in [1.82, 2.24) is 0 Å². The largest absolute Gasteiger partial charge is 0.462 e. The van der Waals surface area contributed by atoms with Gasteiger partial charge in [-0.15, -0.1) is 0 Å². The van der Waals surface area contributed by atoms with Crippen molar-refractivity contribution in [2.45, 2.75) is 258 Å². The van der Waals surface area contributed by atoms with Crippen LogP contribution < -0.4 is 0 Å². The Morgan fingerprint density at radius 2 is 0.750 bits per heavy atom. The zero-order valence-corrected chi connectivity index (χ0v) is 37.7. The summed E-state index contributed by atoms with van der Waals surface area (Å²) >= 11 is 0. The summed E-state index contributed by atoms with van der Waals surface area (Å²) in [7, 11) is 0. The lowest BCUT2D eigenvalue weighted by Gasteiger charge is -2.18. The number of unbranched alkanes of at least 4 members (excludes halogenated alkanes) is 28. The molecule has 0 amide bonds. The smallest absolute Gasteiger partial charge is 0.306 e. The van der Waals surface area contributed by atoms with E-state index >= 15 is 0 Å². The van der Waals surface area contributed by atoms with Crippen molar-refractivity contribution >= 4 is 11.9 Å². The molecule has 0 radical (unpaired) electrons. The lowest BCUT2D eigenvalue weighted by atomic mass is 10.1. The van der Waals surface area contributed by atoms with Gasteiger partial charge in [0.25, 0.3) is 0 Å². The molecule has 0 aromatic heterocycles. The molecular weight excluding hydrogens is 693 g/mol. The highest BCUT2D eigenvalue weighted by atomic mass is 16.6. The van der Waals surface area contributed by atoms with E-state index < -0.39 is 6.10 Å². The summed E-state index contributed by atoms with van der Waals surface area (Å²) in [5, 5.41) is 0. The standard InChI is InChI=1S/C51H94O5/c1-4-7-10-13-16-18-20-22-24-25-26-27-29-30-32-34-36-38-41-44-50(52)55-48-49(47-54-46-43-40-15-12-9-6-3)56-51(53)45-42-39-37-35-33-31-28-23-21-19-17-14-11-8-5-2/h17,19,22-24,28,49H,4-16,18,20-21,25-27,29-48H2,1-3H3/b19-17-,24-22-,28-23-. The van der Waals surface area contributed by atoms with Gasteiger partial charge in [0.05, 0.1) is 6.61 Å². The van der Waals surface area contributed by atoms with Gasteiger partial charge < -0.3 is 14.2 Å². The summed E-state index contributed by atoms with van der Waals surface area (Å²) in [6.07, 6.45) is 55.8. The number of esters is 2. The third-order valence-corrected chi connectivity index (χ3v) is 10.6. The molecule has 5 nitrogen and oxygen atoms in total. The second-order valence-electron chi connectivity index (χ2n) is 16.4. The fraction of sp³-hybridized carbons (Fsp3) is 0.843. The molecule has 0 fully saturated rings. The fourth-order valence-electron chi connectivity index (χ4n) is 6.95. The molecule has 0 rings (SSSR count). The molecule has 0 aliphatic rings. The van der Waals surface area contributed by atoms with E-state index in [0.717, 1.165) is 57.8 Å². The summed E-state index contributed by atoms with van der Waals surface area (Å²) in [6, 6.07) is 0. The molecule has 0 aromatic rings. The Hall–Kier alpha value is -1.88. The van der Waals surface area contributed by atoms with E-state index in [1.165, 1.54) is 161 Å². The molecule has 0 bridgehead atoms. The average Bonchev–Trinajstić information content (AvgIpc) is 3.20. The molecule has 0 spiro atoms. The van der Waals surface area contributed by atoms with Crippen LogP contribution in [0.2, 0.25) is 0 Å². The van der Waals surface area contributed by atoms with Crippen LogP contribution in [-0.4, -0.2) is 37.9 Å². The van der Waals surface area contributed by atoms with E-state index in [1.807, 2.05) is 0 Å². The molecule has 5 heteroatoms. The zero-order chi connectivity index (χ0) is 40.7. The van der Waals surface area contributed by atoms with Crippen molar-refractivity contribution in [3.8, 4) is 0 Å². The van der Waals surface area contributed by atoms with Gasteiger partial charge >= 0.3 is 11.9 Å². The van der Waals surface area contributed by atoms with Gasteiger partial charge in [-0.3, -0.25) is 9.59 Å². The number of hydrogen-bond donors (Lipinski definition) is 0. The van der Waals surface area contributed by atoms with Gasteiger partial charge in [-0.1, -0.05) is 198 Å². The van der Waals surface area contributed by atoms with Gasteiger partial charge in [0.2, 0.25) is 0 Å². The Kier molecular flexibility index (Phi) is 45.9. The first-order valence-electron chi connectivity index (χ1n) is 24.5. The molecule has 0 aromatic carbocycles. The number of rotatable bonds is 45. The minimum absolute atomic E-state index is 0.0815. The quantitative estimate of drug-likeness (QED) is 0.0349. The second kappa shape index (κ2) is 47.5. The van der Waals surface area contributed by atoms with E-state index in [9.17, 15) is 9.59 Å². The van der Waals surface area contributed by atoms with Gasteiger partial charge in [-0.25, -0.2) is 0 Å². The Balaban J connectivity index is 4.08. The van der Waals surface area contributed by atoms with Crippen LogP contribution in [0.5, 0.6) is 0 Å². The number of allylic oxidation sites excluding steroid dienone is 6. The van der Waals surface area contributed by atoms with Crippen LogP contribution in [-0.2, 0) is 23.8 Å². The van der Waals surface area contributed by atoms with E-state index in [2.05, 4.69) is 57.2 Å². The molecule has 0 saturated carbocycles. The third-order valence-electron chi connectivity index (χ3n) is 10.6. The number of carbonyl (C=O) groups is 2. The average molecular weight is 787 g/mol. The van der Waals surface area contributed by atoms with Gasteiger partial charge in [-0.2, -0.15) is 0 Å². The van der Waals surface area contributed by atoms with Crippen molar-refractivity contribution in [2.24, 2.45) is 0 Å². The van der Waals surface area contributed by atoms with Gasteiger partial charge in [0.15, 0.2) is 6.10 Å². The highest BCUT2D eigenvalue weighted by Crippen LogP contribution is 2.14. The molecule has 1 unspecified atom stereocenters. The second-order valence-corrected chi connectivity index (χ2v) is 16.4. The van der Waals surface area contributed by atoms with Gasteiger partial charge in [-0.05, 0) is 77.0 Å². The predicted octanol–water partition coefficient (Wildman–Crippen LogP) is 16.2.